The summed E-state index contributed by atoms with van der Waals surface area (Å²) >= 11 is 0. The maximum absolute atomic E-state index is 11.9. The van der Waals surface area contributed by atoms with Crippen LogP contribution in [0.1, 0.15) is 201 Å². The van der Waals surface area contributed by atoms with Gasteiger partial charge in [-0.15, -0.1) is 0 Å². The fourth-order valence-corrected chi connectivity index (χ4v) is 5.26. The third-order valence-corrected chi connectivity index (χ3v) is 7.85. The lowest BCUT2D eigenvalue weighted by atomic mass is 9.97. The summed E-state index contributed by atoms with van der Waals surface area (Å²) in [7, 11) is 0. The molecule has 2 nitrogen and oxygen atoms in total. The van der Waals surface area contributed by atoms with E-state index in [1.54, 1.807) is 5.57 Å². The Kier molecular flexibility index (Phi) is 30.8. The van der Waals surface area contributed by atoms with Crippen LogP contribution in [0, 0.1) is 0 Å². The number of carbonyl (C=O) groups is 1. The minimum Gasteiger partial charge on any atom is -0.356 e. The third-order valence-electron chi connectivity index (χ3n) is 7.85. The van der Waals surface area contributed by atoms with E-state index in [9.17, 15) is 4.79 Å². The molecule has 0 bridgehead atoms. The molecule has 0 aromatic carbocycles. The normalized spacial score (nSPS) is 11.1. The smallest absolute Gasteiger partial charge is 0.219 e. The van der Waals surface area contributed by atoms with E-state index in [1.165, 1.54) is 161 Å². The minimum atomic E-state index is 0.255. The number of nitrogens with one attached hydrogen (secondary N) is 1. The second kappa shape index (κ2) is 31.4. The van der Waals surface area contributed by atoms with Crippen LogP contribution in [0.3, 0.4) is 0 Å². The fourth-order valence-electron chi connectivity index (χ4n) is 5.26. The highest BCUT2D eigenvalue weighted by atomic mass is 16.1. The Bertz CT molecular complexity index is 462. The van der Waals surface area contributed by atoms with Gasteiger partial charge in [-0.2, -0.15) is 0 Å². The molecule has 0 heterocycles. The van der Waals surface area contributed by atoms with Gasteiger partial charge < -0.3 is 5.32 Å². The van der Waals surface area contributed by atoms with Crippen molar-refractivity contribution in [2.75, 3.05) is 6.54 Å². The zero-order chi connectivity index (χ0) is 27.1. The average molecular weight is 520 g/mol. The van der Waals surface area contributed by atoms with Crippen molar-refractivity contribution in [3.63, 3.8) is 0 Å². The van der Waals surface area contributed by atoms with Crippen molar-refractivity contribution in [1.82, 2.24) is 5.32 Å². The van der Waals surface area contributed by atoms with Crippen LogP contribution in [0.5, 0.6) is 0 Å². The van der Waals surface area contributed by atoms with Crippen LogP contribution in [0.15, 0.2) is 11.6 Å². The first-order valence-electron chi connectivity index (χ1n) is 17.2. The zero-order valence-corrected chi connectivity index (χ0v) is 26.0. The number of allylic oxidation sites excluding steroid dienone is 2. The first-order chi connectivity index (χ1) is 18.2. The standard InChI is InChI=1S/C35H69NO/c1-4-7-10-12-14-16-20-24-29-34(30-25-21-17-15-13-11-8-5-2)31-26-22-18-19-23-27-32-35(37)36-33-28-9-6-3/h31H,4-30,32-33H2,1-3H3,(H,36,37). The van der Waals surface area contributed by atoms with Crippen LogP contribution in [-0.2, 0) is 4.79 Å². The van der Waals surface area contributed by atoms with Gasteiger partial charge in [0.15, 0.2) is 0 Å². The van der Waals surface area contributed by atoms with Gasteiger partial charge in [-0.1, -0.05) is 154 Å². The van der Waals surface area contributed by atoms with E-state index in [0.29, 0.717) is 6.42 Å². The van der Waals surface area contributed by atoms with E-state index in [2.05, 4.69) is 32.2 Å². The Morgan fingerprint density at radius 3 is 1.32 bits per heavy atom. The van der Waals surface area contributed by atoms with E-state index in [0.717, 1.165) is 19.4 Å². The Morgan fingerprint density at radius 2 is 0.838 bits per heavy atom. The molecule has 0 rings (SSSR count). The molecule has 0 aromatic heterocycles. The second-order valence-corrected chi connectivity index (χ2v) is 11.7. The molecule has 0 fully saturated rings. The van der Waals surface area contributed by atoms with Gasteiger partial charge in [0.1, 0.15) is 0 Å². The fraction of sp³-hybridized carbons (Fsp3) is 0.914. The molecule has 37 heavy (non-hydrogen) atoms. The van der Waals surface area contributed by atoms with Crippen LogP contribution in [0.4, 0.5) is 0 Å². The molecule has 0 atom stereocenters. The highest BCUT2D eigenvalue weighted by Gasteiger charge is 2.02. The van der Waals surface area contributed by atoms with E-state index in [1.807, 2.05) is 0 Å². The summed E-state index contributed by atoms with van der Waals surface area (Å²) in [6.45, 7) is 7.67. The van der Waals surface area contributed by atoms with Gasteiger partial charge in [0, 0.05) is 13.0 Å². The summed E-state index contributed by atoms with van der Waals surface area (Å²) in [5.74, 6) is 0.255. The number of amides is 1. The lowest BCUT2D eigenvalue weighted by Gasteiger charge is -2.09. The van der Waals surface area contributed by atoms with Crippen molar-refractivity contribution in [2.24, 2.45) is 0 Å². The van der Waals surface area contributed by atoms with Crippen LogP contribution in [-0.4, -0.2) is 12.5 Å². The molecule has 1 amide bonds. The monoisotopic (exact) mass is 520 g/mol. The molecule has 0 aromatic rings. The molecule has 0 spiro atoms. The van der Waals surface area contributed by atoms with E-state index in [-0.39, 0.29) is 5.91 Å². The van der Waals surface area contributed by atoms with Crippen molar-refractivity contribution in [1.29, 1.82) is 0 Å². The van der Waals surface area contributed by atoms with Crippen LogP contribution < -0.4 is 5.32 Å². The summed E-state index contributed by atoms with van der Waals surface area (Å²) in [5, 5.41) is 3.07. The van der Waals surface area contributed by atoms with Crippen LogP contribution >= 0.6 is 0 Å². The predicted octanol–water partition coefficient (Wildman–Crippen LogP) is 12.0. The molecule has 220 valence electrons. The lowest BCUT2D eigenvalue weighted by molar-refractivity contribution is -0.121. The highest BCUT2D eigenvalue weighted by molar-refractivity contribution is 5.75. The van der Waals surface area contributed by atoms with Crippen molar-refractivity contribution in [2.45, 2.75) is 201 Å². The number of unbranched alkanes of at least 4 members (excludes halogenated alkanes) is 21. The molecule has 0 aliphatic rings. The maximum atomic E-state index is 11.9. The predicted molar refractivity (Wildman–Crippen MR) is 167 cm³/mol. The molecule has 0 aliphatic carbocycles. The maximum Gasteiger partial charge on any atom is 0.219 e. The topological polar surface area (TPSA) is 29.1 Å². The van der Waals surface area contributed by atoms with Gasteiger partial charge in [-0.05, 0) is 51.4 Å². The first kappa shape index (κ1) is 36.2. The van der Waals surface area contributed by atoms with Crippen molar-refractivity contribution in [3.05, 3.63) is 11.6 Å². The summed E-state index contributed by atoms with van der Waals surface area (Å²) in [6.07, 6.45) is 39.7. The summed E-state index contributed by atoms with van der Waals surface area (Å²) in [5.41, 5.74) is 1.76. The van der Waals surface area contributed by atoms with Gasteiger partial charge >= 0.3 is 0 Å². The van der Waals surface area contributed by atoms with Crippen LogP contribution in [0.25, 0.3) is 0 Å². The number of hydrogen-bond donors (Lipinski definition) is 1. The molecule has 2 heteroatoms. The Balaban J connectivity index is 4.00. The van der Waals surface area contributed by atoms with Gasteiger partial charge in [0.25, 0.3) is 0 Å². The third kappa shape index (κ3) is 29.6. The molecule has 1 N–H and O–H groups in total. The Morgan fingerprint density at radius 1 is 0.459 bits per heavy atom. The van der Waals surface area contributed by atoms with Crippen molar-refractivity contribution >= 4 is 5.91 Å². The van der Waals surface area contributed by atoms with Gasteiger partial charge in [0.05, 0.1) is 0 Å². The van der Waals surface area contributed by atoms with Crippen molar-refractivity contribution in [3.8, 4) is 0 Å². The van der Waals surface area contributed by atoms with Crippen molar-refractivity contribution < 1.29 is 4.79 Å². The Hall–Kier alpha value is -0.790. The average Bonchev–Trinajstić information content (AvgIpc) is 2.90. The Labute approximate surface area is 234 Å². The second-order valence-electron chi connectivity index (χ2n) is 11.7. The lowest BCUT2D eigenvalue weighted by Crippen LogP contribution is -2.23. The summed E-state index contributed by atoms with van der Waals surface area (Å²) in [6, 6.07) is 0. The molecular weight excluding hydrogens is 450 g/mol. The van der Waals surface area contributed by atoms with Gasteiger partial charge in [-0.25, -0.2) is 0 Å². The number of carbonyl (C=O) groups excluding carboxylic acids is 1. The minimum absolute atomic E-state index is 0.255. The summed E-state index contributed by atoms with van der Waals surface area (Å²) in [4.78, 5) is 11.9. The molecule has 0 aliphatic heterocycles. The van der Waals surface area contributed by atoms with Gasteiger partial charge in [0.2, 0.25) is 5.91 Å². The highest BCUT2D eigenvalue weighted by Crippen LogP contribution is 2.20. The molecule has 0 radical (unpaired) electrons. The largest absolute Gasteiger partial charge is 0.356 e. The van der Waals surface area contributed by atoms with Crippen LogP contribution in [0.2, 0.25) is 0 Å². The molecule has 0 saturated carbocycles. The van der Waals surface area contributed by atoms with Gasteiger partial charge in [-0.3, -0.25) is 4.79 Å². The first-order valence-corrected chi connectivity index (χ1v) is 17.2. The van der Waals surface area contributed by atoms with E-state index in [4.69, 9.17) is 0 Å². The SMILES string of the molecule is CCCCCCCCCCC(=CCCCCCCCC(=O)NCCCCC)CCCCCCCCCC. The molecular formula is C35H69NO. The van der Waals surface area contributed by atoms with E-state index < -0.39 is 0 Å². The number of rotatable bonds is 30. The number of hydrogen-bond acceptors (Lipinski definition) is 1. The molecule has 0 saturated heterocycles. The summed E-state index contributed by atoms with van der Waals surface area (Å²) < 4.78 is 0. The zero-order valence-electron chi connectivity index (χ0n) is 26.0. The quantitative estimate of drug-likeness (QED) is 0.0741. The van der Waals surface area contributed by atoms with E-state index >= 15 is 0 Å². The molecule has 0 unspecified atom stereocenters.